The van der Waals surface area contributed by atoms with Gasteiger partial charge in [0.15, 0.2) is 0 Å². The lowest BCUT2D eigenvalue weighted by Gasteiger charge is -2.21. The quantitative estimate of drug-likeness (QED) is 0.328. The van der Waals surface area contributed by atoms with Gasteiger partial charge in [0.1, 0.15) is 0 Å². The minimum atomic E-state index is 0.222. The van der Waals surface area contributed by atoms with E-state index in [1.165, 1.54) is 6.42 Å². The third kappa shape index (κ3) is 4.01. The molecule has 5 nitrogen and oxygen atoms in total. The lowest BCUT2D eigenvalue weighted by atomic mass is 10.1. The van der Waals surface area contributed by atoms with Gasteiger partial charge in [-0.05, 0) is 31.4 Å². The molecule has 1 aliphatic rings. The summed E-state index contributed by atoms with van der Waals surface area (Å²) < 4.78 is 5.62. The molecule has 5 heteroatoms. The highest BCUT2D eigenvalue weighted by Gasteiger charge is 2.13. The van der Waals surface area contributed by atoms with Crippen LogP contribution in [0.15, 0.2) is 35.3 Å². The van der Waals surface area contributed by atoms with E-state index < -0.39 is 0 Å². The zero-order chi connectivity index (χ0) is 12.6. The first-order chi connectivity index (χ1) is 8.88. The molecule has 1 unspecified atom stereocenters. The Morgan fingerprint density at radius 3 is 2.83 bits per heavy atom. The van der Waals surface area contributed by atoms with Gasteiger partial charge in [0.25, 0.3) is 0 Å². The van der Waals surface area contributed by atoms with Crippen molar-refractivity contribution in [3.63, 3.8) is 0 Å². The standard InChI is InChI=1S/C13H20N4O/c14-17-13(16-11-6-2-1-3-7-11)15-10-12-8-4-5-9-18-12/h1-3,6-7,12H,4-5,8-10,14H2,(H2,15,16,17). The Kier molecular flexibility index (Phi) is 4.99. The monoisotopic (exact) mass is 248 g/mol. The number of aliphatic imine (C=N–C) groups is 1. The number of hydrogen-bond donors (Lipinski definition) is 3. The Bertz CT molecular complexity index is 374. The van der Waals surface area contributed by atoms with E-state index in [-0.39, 0.29) is 6.10 Å². The minimum Gasteiger partial charge on any atom is -0.376 e. The van der Waals surface area contributed by atoms with Crippen molar-refractivity contribution in [1.29, 1.82) is 0 Å². The maximum Gasteiger partial charge on any atom is 0.210 e. The molecule has 1 aromatic rings. The molecule has 0 amide bonds. The molecule has 0 aliphatic carbocycles. The van der Waals surface area contributed by atoms with Gasteiger partial charge >= 0.3 is 0 Å². The molecule has 1 atom stereocenters. The van der Waals surface area contributed by atoms with Crippen LogP contribution < -0.4 is 16.6 Å². The lowest BCUT2D eigenvalue weighted by Crippen LogP contribution is -2.37. The number of rotatable bonds is 3. The highest BCUT2D eigenvalue weighted by molar-refractivity contribution is 5.93. The van der Waals surface area contributed by atoms with Crippen molar-refractivity contribution in [3.05, 3.63) is 30.3 Å². The Balaban J connectivity index is 1.87. The van der Waals surface area contributed by atoms with Gasteiger partial charge in [-0.3, -0.25) is 5.43 Å². The number of nitrogens with one attached hydrogen (secondary N) is 2. The van der Waals surface area contributed by atoms with Crippen molar-refractivity contribution in [2.45, 2.75) is 25.4 Å². The van der Waals surface area contributed by atoms with Crippen molar-refractivity contribution < 1.29 is 4.74 Å². The summed E-state index contributed by atoms with van der Waals surface area (Å²) in [6, 6.07) is 9.81. The van der Waals surface area contributed by atoms with Crippen molar-refractivity contribution in [2.75, 3.05) is 18.5 Å². The molecule has 0 bridgehead atoms. The molecular formula is C13H20N4O. The Morgan fingerprint density at radius 2 is 2.17 bits per heavy atom. The molecule has 0 radical (unpaired) electrons. The molecule has 1 saturated heterocycles. The second-order valence-corrected chi connectivity index (χ2v) is 4.31. The lowest BCUT2D eigenvalue weighted by molar-refractivity contribution is 0.0225. The van der Waals surface area contributed by atoms with Crippen molar-refractivity contribution in [1.82, 2.24) is 5.43 Å². The minimum absolute atomic E-state index is 0.222. The second-order valence-electron chi connectivity index (χ2n) is 4.31. The zero-order valence-corrected chi connectivity index (χ0v) is 10.4. The molecule has 1 aromatic carbocycles. The van der Waals surface area contributed by atoms with E-state index in [2.05, 4.69) is 15.7 Å². The third-order valence-electron chi connectivity index (χ3n) is 2.90. The maximum absolute atomic E-state index is 5.62. The van der Waals surface area contributed by atoms with Crippen molar-refractivity contribution >= 4 is 11.6 Å². The normalized spacial score (nSPS) is 20.5. The van der Waals surface area contributed by atoms with Crippen molar-refractivity contribution in [2.24, 2.45) is 10.8 Å². The van der Waals surface area contributed by atoms with E-state index in [4.69, 9.17) is 10.6 Å². The smallest absolute Gasteiger partial charge is 0.210 e. The number of anilines is 1. The van der Waals surface area contributed by atoms with Crippen LogP contribution in [-0.4, -0.2) is 25.2 Å². The number of hydrazine groups is 1. The van der Waals surface area contributed by atoms with Gasteiger partial charge in [0.05, 0.1) is 12.6 Å². The van der Waals surface area contributed by atoms with Crippen LogP contribution in [0.25, 0.3) is 0 Å². The van der Waals surface area contributed by atoms with Gasteiger partial charge in [-0.25, -0.2) is 10.8 Å². The van der Waals surface area contributed by atoms with E-state index >= 15 is 0 Å². The van der Waals surface area contributed by atoms with Gasteiger partial charge in [-0.15, -0.1) is 0 Å². The molecule has 1 fully saturated rings. The molecule has 1 aliphatic heterocycles. The average molecular weight is 248 g/mol. The summed E-state index contributed by atoms with van der Waals surface area (Å²) in [5, 5.41) is 3.13. The molecular weight excluding hydrogens is 228 g/mol. The number of guanidine groups is 1. The fourth-order valence-corrected chi connectivity index (χ4v) is 1.92. The highest BCUT2D eigenvalue weighted by Crippen LogP contribution is 2.12. The molecule has 1 heterocycles. The van der Waals surface area contributed by atoms with Crippen LogP contribution in [-0.2, 0) is 4.74 Å². The Hall–Kier alpha value is -1.59. The fraction of sp³-hybridized carbons (Fsp3) is 0.462. The fourth-order valence-electron chi connectivity index (χ4n) is 1.92. The molecule has 4 N–H and O–H groups in total. The van der Waals surface area contributed by atoms with Crippen LogP contribution in [0.2, 0.25) is 0 Å². The topological polar surface area (TPSA) is 71.7 Å². The Morgan fingerprint density at radius 1 is 1.33 bits per heavy atom. The number of nitrogens with two attached hydrogens (primary N) is 1. The maximum atomic E-state index is 5.62. The van der Waals surface area contributed by atoms with E-state index in [0.29, 0.717) is 12.5 Å². The van der Waals surface area contributed by atoms with Gasteiger partial charge in [-0.1, -0.05) is 18.2 Å². The van der Waals surface area contributed by atoms with Crippen LogP contribution in [0.5, 0.6) is 0 Å². The highest BCUT2D eigenvalue weighted by atomic mass is 16.5. The zero-order valence-electron chi connectivity index (χ0n) is 10.4. The predicted octanol–water partition coefficient (Wildman–Crippen LogP) is 1.49. The SMILES string of the molecule is NNC(=NCC1CCCCO1)Nc1ccccc1. The van der Waals surface area contributed by atoms with Crippen LogP contribution in [0.4, 0.5) is 5.69 Å². The predicted molar refractivity (Wildman–Crippen MR) is 73.3 cm³/mol. The molecule has 98 valence electrons. The van der Waals surface area contributed by atoms with E-state index in [1.807, 2.05) is 30.3 Å². The first kappa shape index (κ1) is 12.9. The van der Waals surface area contributed by atoms with Gasteiger partial charge in [0.2, 0.25) is 5.96 Å². The number of para-hydroxylation sites is 1. The summed E-state index contributed by atoms with van der Waals surface area (Å²) >= 11 is 0. The summed E-state index contributed by atoms with van der Waals surface area (Å²) in [5.74, 6) is 6.02. The van der Waals surface area contributed by atoms with E-state index in [9.17, 15) is 0 Å². The third-order valence-corrected chi connectivity index (χ3v) is 2.90. The van der Waals surface area contributed by atoms with Crippen LogP contribution in [0, 0.1) is 0 Å². The first-order valence-electron chi connectivity index (χ1n) is 6.33. The Labute approximate surface area is 107 Å². The second kappa shape index (κ2) is 6.98. The summed E-state index contributed by atoms with van der Waals surface area (Å²) in [4.78, 5) is 4.41. The summed E-state index contributed by atoms with van der Waals surface area (Å²) in [6.45, 7) is 1.48. The molecule has 2 rings (SSSR count). The molecule has 0 spiro atoms. The van der Waals surface area contributed by atoms with Crippen molar-refractivity contribution in [3.8, 4) is 0 Å². The summed E-state index contributed by atoms with van der Waals surface area (Å²) in [7, 11) is 0. The van der Waals surface area contributed by atoms with Crippen LogP contribution >= 0.6 is 0 Å². The molecule has 0 aromatic heterocycles. The number of nitrogens with zero attached hydrogens (tertiary/aromatic N) is 1. The van der Waals surface area contributed by atoms with E-state index in [1.54, 1.807) is 0 Å². The summed E-state index contributed by atoms with van der Waals surface area (Å²) in [5.41, 5.74) is 3.53. The van der Waals surface area contributed by atoms with Crippen LogP contribution in [0.1, 0.15) is 19.3 Å². The molecule has 18 heavy (non-hydrogen) atoms. The van der Waals surface area contributed by atoms with Gasteiger partial charge in [0, 0.05) is 12.3 Å². The van der Waals surface area contributed by atoms with Crippen LogP contribution in [0.3, 0.4) is 0 Å². The molecule has 0 saturated carbocycles. The summed E-state index contributed by atoms with van der Waals surface area (Å²) in [6.07, 6.45) is 3.68. The van der Waals surface area contributed by atoms with E-state index in [0.717, 1.165) is 25.1 Å². The number of hydrogen-bond acceptors (Lipinski definition) is 3. The number of benzene rings is 1. The largest absolute Gasteiger partial charge is 0.376 e. The van der Waals surface area contributed by atoms with Gasteiger partial charge in [-0.2, -0.15) is 0 Å². The van der Waals surface area contributed by atoms with Gasteiger partial charge < -0.3 is 10.1 Å². The number of ether oxygens (including phenoxy) is 1. The first-order valence-corrected chi connectivity index (χ1v) is 6.33. The average Bonchev–Trinajstić information content (AvgIpc) is 2.45.